The van der Waals surface area contributed by atoms with Gasteiger partial charge in [0, 0.05) is 5.88 Å². The van der Waals surface area contributed by atoms with Gasteiger partial charge in [-0.15, -0.1) is 11.6 Å². The van der Waals surface area contributed by atoms with Gasteiger partial charge >= 0.3 is 6.18 Å². The van der Waals surface area contributed by atoms with E-state index in [-0.39, 0.29) is 22.2 Å². The summed E-state index contributed by atoms with van der Waals surface area (Å²) in [6.07, 6.45) is -4.43. The first-order valence-corrected chi connectivity index (χ1v) is 4.81. The molecule has 1 aromatic carbocycles. The zero-order chi connectivity index (χ0) is 11.6. The van der Waals surface area contributed by atoms with Crippen molar-refractivity contribution < 1.29 is 17.9 Å². The Hall–Kier alpha value is -0.610. The van der Waals surface area contributed by atoms with Gasteiger partial charge in [-0.3, -0.25) is 0 Å². The van der Waals surface area contributed by atoms with E-state index < -0.39 is 11.7 Å². The SMILES string of the molecule is COc1cc(C(F)(F)F)cc(CCl)c1Cl. The average Bonchev–Trinajstić information content (AvgIpc) is 2.16. The summed E-state index contributed by atoms with van der Waals surface area (Å²) in [5, 5.41) is 0.112. The number of alkyl halides is 4. The summed E-state index contributed by atoms with van der Waals surface area (Å²) < 4.78 is 42.0. The fraction of sp³-hybridized carbons (Fsp3) is 0.333. The van der Waals surface area contributed by atoms with Crippen molar-refractivity contribution in [2.24, 2.45) is 0 Å². The fourth-order valence-electron chi connectivity index (χ4n) is 1.07. The first-order chi connectivity index (χ1) is 6.90. The van der Waals surface area contributed by atoms with Crippen molar-refractivity contribution in [2.75, 3.05) is 7.11 Å². The molecule has 1 aromatic rings. The molecule has 84 valence electrons. The van der Waals surface area contributed by atoms with E-state index in [1.165, 1.54) is 7.11 Å². The molecule has 0 radical (unpaired) electrons. The normalized spacial score (nSPS) is 11.6. The largest absolute Gasteiger partial charge is 0.495 e. The molecule has 0 aliphatic heterocycles. The Labute approximate surface area is 94.7 Å². The summed E-state index contributed by atoms with van der Waals surface area (Å²) in [6, 6.07) is 1.76. The highest BCUT2D eigenvalue weighted by molar-refractivity contribution is 6.33. The Morgan fingerprint density at radius 1 is 1.33 bits per heavy atom. The Morgan fingerprint density at radius 2 is 1.93 bits per heavy atom. The van der Waals surface area contributed by atoms with E-state index in [0.717, 1.165) is 12.1 Å². The first kappa shape index (κ1) is 12.5. The van der Waals surface area contributed by atoms with Crippen molar-refractivity contribution in [1.82, 2.24) is 0 Å². The molecule has 0 saturated heterocycles. The van der Waals surface area contributed by atoms with Gasteiger partial charge in [-0.2, -0.15) is 13.2 Å². The molecule has 0 atom stereocenters. The van der Waals surface area contributed by atoms with Crippen molar-refractivity contribution in [3.8, 4) is 5.75 Å². The van der Waals surface area contributed by atoms with Crippen molar-refractivity contribution in [2.45, 2.75) is 12.1 Å². The number of hydrogen-bond acceptors (Lipinski definition) is 1. The van der Waals surface area contributed by atoms with E-state index in [9.17, 15) is 13.2 Å². The molecule has 0 saturated carbocycles. The third kappa shape index (κ3) is 2.69. The Balaban J connectivity index is 3.33. The number of ether oxygens (including phenoxy) is 1. The van der Waals surface area contributed by atoms with Gasteiger partial charge in [0.15, 0.2) is 0 Å². The third-order valence-corrected chi connectivity index (χ3v) is 2.52. The lowest BCUT2D eigenvalue weighted by Crippen LogP contribution is -2.06. The average molecular weight is 259 g/mol. The quantitative estimate of drug-likeness (QED) is 0.726. The van der Waals surface area contributed by atoms with Crippen LogP contribution in [0.2, 0.25) is 5.02 Å². The van der Waals surface area contributed by atoms with Gasteiger partial charge in [0.1, 0.15) is 5.75 Å². The molecule has 0 bridgehead atoms. The zero-order valence-electron chi connectivity index (χ0n) is 7.66. The molecular formula is C9H7Cl2F3O. The summed E-state index contributed by atoms with van der Waals surface area (Å²) in [5.74, 6) is -0.124. The second-order valence-corrected chi connectivity index (χ2v) is 3.43. The molecule has 0 heterocycles. The van der Waals surface area contributed by atoms with Gasteiger partial charge in [0.05, 0.1) is 17.7 Å². The maximum absolute atomic E-state index is 12.4. The molecule has 6 heteroatoms. The molecule has 0 aliphatic rings. The van der Waals surface area contributed by atoms with Crippen LogP contribution in [-0.4, -0.2) is 7.11 Å². The van der Waals surface area contributed by atoms with Gasteiger partial charge in [-0.25, -0.2) is 0 Å². The first-order valence-electron chi connectivity index (χ1n) is 3.89. The molecule has 1 rings (SSSR count). The molecular weight excluding hydrogens is 252 g/mol. The molecule has 1 nitrogen and oxygen atoms in total. The van der Waals surface area contributed by atoms with Gasteiger partial charge < -0.3 is 4.74 Å². The summed E-state index contributed by atoms with van der Waals surface area (Å²) in [7, 11) is 1.25. The van der Waals surface area contributed by atoms with E-state index in [0.29, 0.717) is 0 Å². The van der Waals surface area contributed by atoms with Crippen molar-refractivity contribution in [3.63, 3.8) is 0 Å². The number of benzene rings is 1. The molecule has 0 unspecified atom stereocenters. The van der Waals surface area contributed by atoms with Crippen LogP contribution >= 0.6 is 23.2 Å². The Bertz CT molecular complexity index is 338. The van der Waals surface area contributed by atoms with E-state index in [2.05, 4.69) is 0 Å². The van der Waals surface area contributed by atoms with Crippen LogP contribution in [-0.2, 0) is 12.1 Å². The van der Waals surface area contributed by atoms with Crippen molar-refractivity contribution >= 4 is 23.2 Å². The molecule has 0 aliphatic carbocycles. The zero-order valence-corrected chi connectivity index (χ0v) is 9.17. The number of hydrogen-bond donors (Lipinski definition) is 0. The molecule has 0 fully saturated rings. The second-order valence-electron chi connectivity index (χ2n) is 2.78. The predicted molar refractivity (Wildman–Crippen MR) is 52.6 cm³/mol. The highest BCUT2D eigenvalue weighted by Gasteiger charge is 2.32. The Morgan fingerprint density at radius 3 is 2.33 bits per heavy atom. The van der Waals surface area contributed by atoms with Gasteiger partial charge in [-0.1, -0.05) is 11.6 Å². The third-order valence-electron chi connectivity index (χ3n) is 1.81. The minimum atomic E-state index is -4.43. The maximum Gasteiger partial charge on any atom is 0.416 e. The minimum absolute atomic E-state index is 0.0258. The molecule has 0 spiro atoms. The molecule has 0 N–H and O–H groups in total. The topological polar surface area (TPSA) is 9.23 Å². The van der Waals surface area contributed by atoms with Crippen LogP contribution in [0.5, 0.6) is 5.75 Å². The number of halogens is 5. The summed E-state index contributed by atoms with van der Waals surface area (Å²) in [4.78, 5) is 0. The standard InChI is InChI=1S/C9H7Cl2F3O/c1-15-7-3-6(9(12,13)14)2-5(4-10)8(7)11/h2-3H,4H2,1H3. The van der Waals surface area contributed by atoms with Crippen LogP contribution in [0.4, 0.5) is 13.2 Å². The van der Waals surface area contributed by atoms with E-state index in [1.807, 2.05) is 0 Å². The van der Waals surface area contributed by atoms with Crippen LogP contribution < -0.4 is 4.74 Å². The lowest BCUT2D eigenvalue weighted by molar-refractivity contribution is -0.137. The molecule has 0 amide bonds. The smallest absolute Gasteiger partial charge is 0.416 e. The lowest BCUT2D eigenvalue weighted by atomic mass is 10.1. The van der Waals surface area contributed by atoms with Crippen LogP contribution in [0.15, 0.2) is 12.1 Å². The summed E-state index contributed by atoms with van der Waals surface area (Å²) in [6.45, 7) is 0. The van der Waals surface area contributed by atoms with Gasteiger partial charge in [-0.05, 0) is 17.7 Å². The summed E-state index contributed by atoms with van der Waals surface area (Å²) in [5.41, 5.74) is -0.621. The monoisotopic (exact) mass is 258 g/mol. The van der Waals surface area contributed by atoms with Gasteiger partial charge in [0.25, 0.3) is 0 Å². The highest BCUT2D eigenvalue weighted by atomic mass is 35.5. The van der Waals surface area contributed by atoms with Gasteiger partial charge in [0.2, 0.25) is 0 Å². The van der Waals surface area contributed by atoms with Crippen LogP contribution in [0.1, 0.15) is 11.1 Å². The molecule has 15 heavy (non-hydrogen) atoms. The number of methoxy groups -OCH3 is 1. The highest BCUT2D eigenvalue weighted by Crippen LogP contribution is 2.37. The lowest BCUT2D eigenvalue weighted by Gasteiger charge is -2.12. The second kappa shape index (κ2) is 4.49. The Kier molecular flexibility index (Phi) is 3.73. The number of rotatable bonds is 2. The van der Waals surface area contributed by atoms with Crippen LogP contribution in [0.25, 0.3) is 0 Å². The van der Waals surface area contributed by atoms with E-state index in [4.69, 9.17) is 27.9 Å². The van der Waals surface area contributed by atoms with E-state index in [1.54, 1.807) is 0 Å². The van der Waals surface area contributed by atoms with Crippen LogP contribution in [0.3, 0.4) is 0 Å². The predicted octanol–water partition coefficient (Wildman–Crippen LogP) is 4.11. The molecule has 0 aromatic heterocycles. The van der Waals surface area contributed by atoms with Crippen molar-refractivity contribution in [1.29, 1.82) is 0 Å². The fourth-order valence-corrected chi connectivity index (χ4v) is 1.60. The van der Waals surface area contributed by atoms with Crippen molar-refractivity contribution in [3.05, 3.63) is 28.3 Å². The van der Waals surface area contributed by atoms with E-state index >= 15 is 0 Å². The summed E-state index contributed by atoms with van der Waals surface area (Å²) >= 11 is 11.2. The minimum Gasteiger partial charge on any atom is -0.495 e. The maximum atomic E-state index is 12.4. The van der Waals surface area contributed by atoms with Crippen LogP contribution in [0, 0.1) is 0 Å².